The minimum absolute atomic E-state index is 0.0727. The van der Waals surface area contributed by atoms with Crippen molar-refractivity contribution in [2.75, 3.05) is 30.1 Å². The van der Waals surface area contributed by atoms with E-state index in [1.165, 1.54) is 55.3 Å². The van der Waals surface area contributed by atoms with Crippen molar-refractivity contribution in [3.8, 4) is 23.0 Å². The van der Waals surface area contributed by atoms with Crippen LogP contribution in [0.2, 0.25) is 0 Å². The van der Waals surface area contributed by atoms with Crippen LogP contribution in [0.3, 0.4) is 0 Å². The number of benzene rings is 3. The molecule has 264 valence electrons. The van der Waals surface area contributed by atoms with Gasteiger partial charge in [0.2, 0.25) is 11.8 Å². The number of aromatic nitrogens is 1. The molecule has 3 aromatic carbocycles. The van der Waals surface area contributed by atoms with Crippen LogP contribution in [0, 0.1) is 23.0 Å². The van der Waals surface area contributed by atoms with E-state index in [9.17, 15) is 18.8 Å². The second-order valence-corrected chi connectivity index (χ2v) is 13.6. The summed E-state index contributed by atoms with van der Waals surface area (Å²) in [5.41, 5.74) is -0.170. The molecular weight excluding hydrogens is 664 g/mol. The molecule has 2 amide bonds. The van der Waals surface area contributed by atoms with Crippen molar-refractivity contribution >= 4 is 51.0 Å². The molecule has 1 heterocycles. The highest BCUT2D eigenvalue weighted by atomic mass is 32.2. The molecule has 1 saturated carbocycles. The van der Waals surface area contributed by atoms with Crippen molar-refractivity contribution in [3.05, 3.63) is 78.5 Å². The van der Waals surface area contributed by atoms with E-state index >= 15 is 4.39 Å². The Labute approximate surface area is 294 Å². The van der Waals surface area contributed by atoms with E-state index in [-0.39, 0.29) is 22.5 Å². The topological polar surface area (TPSA) is 116 Å². The number of halogens is 2. The number of fused-ring (bicyclic) bond motifs is 1. The predicted octanol–water partition coefficient (Wildman–Crippen LogP) is 8.92. The predicted molar refractivity (Wildman–Crippen MR) is 191 cm³/mol. The van der Waals surface area contributed by atoms with Gasteiger partial charge in [0, 0.05) is 46.8 Å². The first-order valence-corrected chi connectivity index (χ1v) is 17.7. The summed E-state index contributed by atoms with van der Waals surface area (Å²) in [5, 5.41) is 6.12. The third-order valence-corrected chi connectivity index (χ3v) is 9.63. The van der Waals surface area contributed by atoms with Crippen LogP contribution in [0.25, 0.3) is 10.9 Å². The molecule has 12 heteroatoms. The van der Waals surface area contributed by atoms with Gasteiger partial charge in [-0.1, -0.05) is 44.9 Å². The van der Waals surface area contributed by atoms with Gasteiger partial charge in [-0.05, 0) is 74.2 Å². The number of hydrogen-bond acceptors (Lipinski definition) is 8. The molecule has 5 rings (SSSR count). The summed E-state index contributed by atoms with van der Waals surface area (Å²) in [4.78, 5) is 42.1. The molecule has 0 atom stereocenters. The smallest absolute Gasteiger partial charge is 0.240 e. The lowest BCUT2D eigenvalue weighted by atomic mass is 10.0. The van der Waals surface area contributed by atoms with E-state index in [2.05, 4.69) is 15.6 Å². The maximum atomic E-state index is 15.3. The molecular formula is C38H41F2N3O6S. The third kappa shape index (κ3) is 9.29. The van der Waals surface area contributed by atoms with Crippen molar-refractivity contribution < 1.29 is 37.4 Å². The number of amides is 2. The molecule has 4 aromatic rings. The summed E-state index contributed by atoms with van der Waals surface area (Å²) in [5.74, 6) is 0.0110. The first kappa shape index (κ1) is 36.6. The highest BCUT2D eigenvalue weighted by Crippen LogP contribution is 2.47. The number of hydrogen-bond donors (Lipinski definition) is 2. The summed E-state index contributed by atoms with van der Waals surface area (Å²) < 4.78 is 46.1. The Hall–Kier alpha value is -4.71. The fourth-order valence-electron chi connectivity index (χ4n) is 5.24. The van der Waals surface area contributed by atoms with E-state index in [1.807, 2.05) is 13.8 Å². The second-order valence-electron chi connectivity index (χ2n) is 12.5. The van der Waals surface area contributed by atoms with Crippen LogP contribution in [0.4, 0.5) is 20.2 Å². The molecule has 0 bridgehead atoms. The number of carbonyl (C=O) groups excluding carboxylic acids is 3. The maximum Gasteiger partial charge on any atom is 0.240 e. The largest absolute Gasteiger partial charge is 0.493 e. The SMILES string of the molecule is COc1cc2c(Oc3ccc(NC(=O)C4(C(=O)Nc5ccc(F)cc5)CC4)cc3F)ccnc2cc1OCCCCCCCSC(=O)C(C)C. The van der Waals surface area contributed by atoms with Gasteiger partial charge in [0.05, 0.1) is 19.2 Å². The lowest BCUT2D eigenvalue weighted by Gasteiger charge is -2.16. The van der Waals surface area contributed by atoms with Gasteiger partial charge in [-0.15, -0.1) is 0 Å². The van der Waals surface area contributed by atoms with E-state index in [4.69, 9.17) is 14.2 Å². The number of unbranched alkanes of at least 4 members (excludes halogenated alkanes) is 4. The molecule has 1 aromatic heterocycles. The molecule has 9 nitrogen and oxygen atoms in total. The lowest BCUT2D eigenvalue weighted by Crippen LogP contribution is -2.35. The summed E-state index contributed by atoms with van der Waals surface area (Å²) in [6.07, 6.45) is 7.27. The number of methoxy groups -OCH3 is 1. The Bertz CT molecular complexity index is 1830. The van der Waals surface area contributed by atoms with Gasteiger partial charge in [-0.25, -0.2) is 8.78 Å². The minimum Gasteiger partial charge on any atom is -0.493 e. The fourth-order valence-corrected chi connectivity index (χ4v) is 6.13. The Morgan fingerprint density at radius 2 is 1.50 bits per heavy atom. The average molecular weight is 706 g/mol. The van der Waals surface area contributed by atoms with E-state index in [0.29, 0.717) is 53.3 Å². The normalized spacial score (nSPS) is 13.2. The van der Waals surface area contributed by atoms with Gasteiger partial charge < -0.3 is 24.8 Å². The second kappa shape index (κ2) is 16.8. The van der Waals surface area contributed by atoms with Crippen LogP contribution in [-0.4, -0.2) is 41.4 Å². The van der Waals surface area contributed by atoms with Crippen molar-refractivity contribution in [2.45, 2.75) is 58.8 Å². The number of rotatable bonds is 17. The first-order valence-electron chi connectivity index (χ1n) is 16.7. The van der Waals surface area contributed by atoms with Crippen molar-refractivity contribution in [2.24, 2.45) is 11.3 Å². The molecule has 1 aliphatic carbocycles. The highest BCUT2D eigenvalue weighted by Gasteiger charge is 2.56. The van der Waals surface area contributed by atoms with Crippen LogP contribution in [-0.2, 0) is 14.4 Å². The maximum absolute atomic E-state index is 15.3. The van der Waals surface area contributed by atoms with Crippen LogP contribution in [0.5, 0.6) is 23.0 Å². The number of thioether (sulfide) groups is 1. The Morgan fingerprint density at radius 1 is 0.820 bits per heavy atom. The number of ether oxygens (including phenoxy) is 3. The molecule has 1 fully saturated rings. The summed E-state index contributed by atoms with van der Waals surface area (Å²) in [6, 6.07) is 14.4. The molecule has 0 radical (unpaired) electrons. The Kier molecular flexibility index (Phi) is 12.3. The summed E-state index contributed by atoms with van der Waals surface area (Å²) in [6.45, 7) is 4.35. The molecule has 0 aliphatic heterocycles. The van der Waals surface area contributed by atoms with Gasteiger partial charge in [-0.3, -0.25) is 19.4 Å². The summed E-state index contributed by atoms with van der Waals surface area (Å²) in [7, 11) is 1.54. The van der Waals surface area contributed by atoms with E-state index < -0.39 is 28.9 Å². The van der Waals surface area contributed by atoms with Crippen LogP contribution in [0.15, 0.2) is 66.9 Å². The summed E-state index contributed by atoms with van der Waals surface area (Å²) >= 11 is 1.42. The zero-order valence-corrected chi connectivity index (χ0v) is 29.2. The van der Waals surface area contributed by atoms with Crippen molar-refractivity contribution in [1.29, 1.82) is 0 Å². The molecule has 1 aliphatic rings. The zero-order chi connectivity index (χ0) is 35.7. The number of pyridine rings is 1. The Morgan fingerprint density at radius 3 is 2.18 bits per heavy atom. The minimum atomic E-state index is -1.28. The zero-order valence-electron chi connectivity index (χ0n) is 28.4. The van der Waals surface area contributed by atoms with Crippen LogP contribution >= 0.6 is 11.8 Å². The highest BCUT2D eigenvalue weighted by molar-refractivity contribution is 8.13. The standard InChI is InChI=1S/C38H41F2N3O6S/c1-24(2)35(44)50-20-8-6-4-5-7-19-48-34-23-30-28(22-33(34)47-3)31(15-18-41-30)49-32-14-13-27(21-29(32)40)43-37(46)38(16-17-38)36(45)42-26-11-9-25(39)10-12-26/h9-15,18,21-24H,4-8,16-17,19-20H2,1-3H3,(H,42,45)(H,43,46). The third-order valence-electron chi connectivity index (χ3n) is 8.38. The van der Waals surface area contributed by atoms with Gasteiger partial charge >= 0.3 is 0 Å². The fraction of sp³-hybridized carbons (Fsp3) is 0.368. The van der Waals surface area contributed by atoms with Crippen molar-refractivity contribution in [1.82, 2.24) is 4.98 Å². The average Bonchev–Trinajstić information content (AvgIpc) is 3.92. The van der Waals surface area contributed by atoms with Gasteiger partial charge in [-0.2, -0.15) is 0 Å². The van der Waals surface area contributed by atoms with Gasteiger partial charge in [0.1, 0.15) is 17.0 Å². The van der Waals surface area contributed by atoms with E-state index in [0.717, 1.165) is 43.9 Å². The number of carbonyl (C=O) groups is 3. The number of anilines is 2. The van der Waals surface area contributed by atoms with Gasteiger partial charge in [0.15, 0.2) is 28.2 Å². The molecule has 0 spiro atoms. The number of nitrogens with zero attached hydrogens (tertiary/aromatic N) is 1. The number of nitrogens with one attached hydrogen (secondary N) is 2. The molecule has 0 unspecified atom stereocenters. The molecule has 2 N–H and O–H groups in total. The van der Waals surface area contributed by atoms with Gasteiger partial charge in [0.25, 0.3) is 0 Å². The van der Waals surface area contributed by atoms with Crippen LogP contribution < -0.4 is 24.8 Å². The lowest BCUT2D eigenvalue weighted by molar-refractivity contribution is -0.131. The first-order chi connectivity index (χ1) is 24.1. The van der Waals surface area contributed by atoms with Crippen molar-refractivity contribution in [3.63, 3.8) is 0 Å². The Balaban J connectivity index is 1.15. The van der Waals surface area contributed by atoms with Crippen LogP contribution in [0.1, 0.15) is 58.8 Å². The monoisotopic (exact) mass is 705 g/mol. The molecule has 0 saturated heterocycles. The van der Waals surface area contributed by atoms with E-state index in [1.54, 1.807) is 24.4 Å². The molecule has 50 heavy (non-hydrogen) atoms. The quantitative estimate of drug-likeness (QED) is 0.0827.